The fourth-order valence-electron chi connectivity index (χ4n) is 2.75. The van der Waals surface area contributed by atoms with Crippen LogP contribution in [0.3, 0.4) is 0 Å². The number of rotatable bonds is 4. The molecular formula is C16H19ClN4O2S. The lowest BCUT2D eigenvalue weighted by molar-refractivity contribution is 0.600. The van der Waals surface area contributed by atoms with Crippen LogP contribution in [0.2, 0.25) is 5.02 Å². The Bertz CT molecular complexity index is 857. The van der Waals surface area contributed by atoms with Crippen molar-refractivity contribution >= 4 is 38.9 Å². The predicted octanol–water partition coefficient (Wildman–Crippen LogP) is 2.81. The first-order valence-electron chi connectivity index (χ1n) is 7.64. The SMILES string of the molecule is Cc1cc(N(C)C2CCS(=O)(=O)C2)nc(Nc2cccc(Cl)c2)n1. The Labute approximate surface area is 146 Å². The summed E-state index contributed by atoms with van der Waals surface area (Å²) in [4.78, 5) is 10.8. The average molecular weight is 367 g/mol. The average Bonchev–Trinajstić information content (AvgIpc) is 2.86. The highest BCUT2D eigenvalue weighted by Gasteiger charge is 2.31. The summed E-state index contributed by atoms with van der Waals surface area (Å²) in [7, 11) is -1.07. The number of hydrogen-bond donors (Lipinski definition) is 1. The molecule has 128 valence electrons. The van der Waals surface area contributed by atoms with Gasteiger partial charge in [-0.3, -0.25) is 0 Å². The molecule has 0 amide bonds. The molecule has 1 atom stereocenters. The topological polar surface area (TPSA) is 75.2 Å². The molecule has 1 aliphatic rings. The van der Waals surface area contributed by atoms with Crippen molar-refractivity contribution in [2.45, 2.75) is 19.4 Å². The number of aromatic nitrogens is 2. The first kappa shape index (κ1) is 17.0. The third-order valence-electron chi connectivity index (χ3n) is 4.04. The highest BCUT2D eigenvalue weighted by Crippen LogP contribution is 2.24. The Hall–Kier alpha value is -1.86. The third kappa shape index (κ3) is 3.96. The largest absolute Gasteiger partial charge is 0.355 e. The first-order valence-corrected chi connectivity index (χ1v) is 9.84. The molecule has 6 nitrogen and oxygen atoms in total. The number of hydrogen-bond acceptors (Lipinski definition) is 6. The third-order valence-corrected chi connectivity index (χ3v) is 6.02. The summed E-state index contributed by atoms with van der Waals surface area (Å²) in [6.45, 7) is 1.88. The zero-order chi connectivity index (χ0) is 17.3. The molecule has 0 aliphatic carbocycles. The second kappa shape index (κ2) is 6.57. The van der Waals surface area contributed by atoms with Gasteiger partial charge in [0.15, 0.2) is 9.84 Å². The highest BCUT2D eigenvalue weighted by molar-refractivity contribution is 7.91. The molecule has 1 aromatic heterocycles. The molecular weight excluding hydrogens is 348 g/mol. The van der Waals surface area contributed by atoms with E-state index in [0.717, 1.165) is 11.4 Å². The van der Waals surface area contributed by atoms with Crippen LogP contribution in [0.25, 0.3) is 0 Å². The van der Waals surface area contributed by atoms with Gasteiger partial charge >= 0.3 is 0 Å². The Kier molecular flexibility index (Phi) is 4.64. The van der Waals surface area contributed by atoms with Crippen molar-refractivity contribution < 1.29 is 8.42 Å². The molecule has 1 unspecified atom stereocenters. The lowest BCUT2D eigenvalue weighted by Crippen LogP contribution is -2.33. The number of nitrogens with zero attached hydrogens (tertiary/aromatic N) is 3. The van der Waals surface area contributed by atoms with E-state index in [9.17, 15) is 8.42 Å². The Morgan fingerprint density at radius 1 is 1.29 bits per heavy atom. The predicted molar refractivity (Wildman–Crippen MR) is 97.0 cm³/mol. The highest BCUT2D eigenvalue weighted by atomic mass is 35.5. The van der Waals surface area contributed by atoms with Gasteiger partial charge in [0.25, 0.3) is 0 Å². The molecule has 1 N–H and O–H groups in total. The Morgan fingerprint density at radius 2 is 2.08 bits per heavy atom. The molecule has 24 heavy (non-hydrogen) atoms. The molecule has 0 bridgehead atoms. The van der Waals surface area contributed by atoms with Crippen LogP contribution in [0.5, 0.6) is 0 Å². The van der Waals surface area contributed by atoms with Crippen molar-refractivity contribution in [3.63, 3.8) is 0 Å². The van der Waals surface area contributed by atoms with E-state index in [1.54, 1.807) is 12.1 Å². The minimum atomic E-state index is -2.94. The van der Waals surface area contributed by atoms with Crippen molar-refractivity contribution in [3.8, 4) is 0 Å². The van der Waals surface area contributed by atoms with Crippen molar-refractivity contribution in [2.24, 2.45) is 0 Å². The standard InChI is InChI=1S/C16H19ClN4O2S/c1-11-8-15(21(2)14-6-7-24(22,23)10-14)20-16(18-11)19-13-5-3-4-12(17)9-13/h3-5,8-9,14H,6-7,10H2,1-2H3,(H,18,19,20). The van der Waals surface area contributed by atoms with E-state index >= 15 is 0 Å². The quantitative estimate of drug-likeness (QED) is 0.896. The normalized spacial score (nSPS) is 19.2. The van der Waals surface area contributed by atoms with Gasteiger partial charge < -0.3 is 10.2 Å². The van der Waals surface area contributed by atoms with Crippen molar-refractivity contribution in [2.75, 3.05) is 28.8 Å². The van der Waals surface area contributed by atoms with Crippen molar-refractivity contribution in [3.05, 3.63) is 41.0 Å². The molecule has 1 fully saturated rings. The maximum Gasteiger partial charge on any atom is 0.229 e. The molecule has 3 rings (SSSR count). The van der Waals surface area contributed by atoms with Gasteiger partial charge in [-0.15, -0.1) is 0 Å². The van der Waals surface area contributed by atoms with E-state index in [-0.39, 0.29) is 17.5 Å². The van der Waals surface area contributed by atoms with E-state index in [1.807, 2.05) is 37.1 Å². The lowest BCUT2D eigenvalue weighted by Gasteiger charge is -2.25. The summed E-state index contributed by atoms with van der Waals surface area (Å²) in [6.07, 6.45) is 0.624. The molecule has 0 saturated carbocycles. The molecule has 1 aromatic carbocycles. The van der Waals surface area contributed by atoms with Gasteiger partial charge in [-0.25, -0.2) is 13.4 Å². The smallest absolute Gasteiger partial charge is 0.229 e. The summed E-state index contributed by atoms with van der Waals surface area (Å²) >= 11 is 5.99. The number of sulfone groups is 1. The molecule has 2 heterocycles. The second-order valence-electron chi connectivity index (χ2n) is 5.99. The van der Waals surface area contributed by atoms with Gasteiger partial charge in [0.1, 0.15) is 5.82 Å². The van der Waals surface area contributed by atoms with Gasteiger partial charge in [-0.1, -0.05) is 17.7 Å². The fraction of sp³-hybridized carbons (Fsp3) is 0.375. The maximum atomic E-state index is 11.7. The van der Waals surface area contributed by atoms with Crippen molar-refractivity contribution in [1.29, 1.82) is 0 Å². The molecule has 1 saturated heterocycles. The van der Waals surface area contributed by atoms with Gasteiger partial charge in [0.2, 0.25) is 5.95 Å². The van der Waals surface area contributed by atoms with E-state index in [1.165, 1.54) is 0 Å². The van der Waals surface area contributed by atoms with Crippen LogP contribution in [-0.2, 0) is 9.84 Å². The van der Waals surface area contributed by atoms with Crippen LogP contribution in [0.15, 0.2) is 30.3 Å². The molecule has 2 aromatic rings. The minimum absolute atomic E-state index is 0.0525. The summed E-state index contributed by atoms with van der Waals surface area (Å²) in [6, 6.07) is 9.11. The van der Waals surface area contributed by atoms with Gasteiger partial charge in [-0.05, 0) is 31.5 Å². The fourth-order valence-corrected chi connectivity index (χ4v) is 4.72. The molecule has 8 heteroatoms. The van der Waals surface area contributed by atoms with E-state index in [2.05, 4.69) is 15.3 Å². The van der Waals surface area contributed by atoms with Crippen LogP contribution in [0, 0.1) is 6.92 Å². The summed E-state index contributed by atoms with van der Waals surface area (Å²) in [5.41, 5.74) is 1.60. The number of halogens is 1. The van der Waals surface area contributed by atoms with Gasteiger partial charge in [0.05, 0.1) is 11.5 Å². The second-order valence-corrected chi connectivity index (χ2v) is 8.66. The minimum Gasteiger partial charge on any atom is -0.355 e. The first-order chi connectivity index (χ1) is 11.3. The van der Waals surface area contributed by atoms with E-state index < -0.39 is 9.84 Å². The van der Waals surface area contributed by atoms with E-state index in [0.29, 0.717) is 23.2 Å². The van der Waals surface area contributed by atoms with Crippen LogP contribution < -0.4 is 10.2 Å². The molecule has 0 spiro atoms. The Morgan fingerprint density at radius 3 is 2.75 bits per heavy atom. The number of anilines is 3. The summed E-state index contributed by atoms with van der Waals surface area (Å²) in [5.74, 6) is 1.57. The van der Waals surface area contributed by atoms with Crippen LogP contribution >= 0.6 is 11.6 Å². The van der Waals surface area contributed by atoms with Crippen LogP contribution in [0.1, 0.15) is 12.1 Å². The Balaban J connectivity index is 1.83. The lowest BCUT2D eigenvalue weighted by atomic mass is 10.2. The summed E-state index contributed by atoms with van der Waals surface area (Å²) in [5, 5.41) is 3.76. The summed E-state index contributed by atoms with van der Waals surface area (Å²) < 4.78 is 23.4. The van der Waals surface area contributed by atoms with Crippen LogP contribution in [0.4, 0.5) is 17.5 Å². The van der Waals surface area contributed by atoms with Crippen LogP contribution in [-0.4, -0.2) is 43.0 Å². The zero-order valence-electron chi connectivity index (χ0n) is 13.5. The zero-order valence-corrected chi connectivity index (χ0v) is 15.1. The number of aryl methyl sites for hydroxylation is 1. The van der Waals surface area contributed by atoms with Gasteiger partial charge in [0, 0.05) is 35.6 Å². The van der Waals surface area contributed by atoms with E-state index in [4.69, 9.17) is 11.6 Å². The molecule has 0 radical (unpaired) electrons. The van der Waals surface area contributed by atoms with Crippen molar-refractivity contribution in [1.82, 2.24) is 9.97 Å². The molecule has 1 aliphatic heterocycles. The number of benzene rings is 1. The number of nitrogens with one attached hydrogen (secondary N) is 1. The monoisotopic (exact) mass is 366 g/mol. The maximum absolute atomic E-state index is 11.7. The van der Waals surface area contributed by atoms with Gasteiger partial charge in [-0.2, -0.15) is 4.98 Å².